The van der Waals surface area contributed by atoms with E-state index < -0.39 is 0 Å². The standard InChI is InChI=1S/C16H11N3S2/c1-10-7-12-14(20)8-13-15(18-9-17-13)16(12)21-19(10)11-5-3-2-4-6-11/h2-9H,1H3. The molecule has 3 nitrogen and oxygen atoms in total. The molecule has 0 bridgehead atoms. The summed E-state index contributed by atoms with van der Waals surface area (Å²) >= 11 is 7.16. The molecule has 4 rings (SSSR count). The van der Waals surface area contributed by atoms with Gasteiger partial charge in [-0.2, -0.15) is 0 Å². The fraction of sp³-hybridized carbons (Fsp3) is 0.0625. The first-order valence-electron chi connectivity index (χ1n) is 6.57. The first-order chi connectivity index (χ1) is 10.2. The van der Waals surface area contributed by atoms with Gasteiger partial charge in [-0.15, -0.1) is 0 Å². The summed E-state index contributed by atoms with van der Waals surface area (Å²) in [5.41, 5.74) is 4.09. The molecule has 0 amide bonds. The van der Waals surface area contributed by atoms with Crippen LogP contribution in [0.25, 0.3) is 17.1 Å². The van der Waals surface area contributed by atoms with Gasteiger partial charge in [-0.05, 0) is 31.2 Å². The van der Waals surface area contributed by atoms with Crippen LogP contribution >= 0.6 is 23.8 Å². The molecule has 1 aromatic carbocycles. The van der Waals surface area contributed by atoms with Gasteiger partial charge in [0.05, 0.1) is 15.9 Å². The molecule has 102 valence electrons. The smallest absolute Gasteiger partial charge is 0.116 e. The van der Waals surface area contributed by atoms with Crippen molar-refractivity contribution in [1.82, 2.24) is 13.9 Å². The number of hydrogen-bond donors (Lipinski definition) is 0. The largest absolute Gasteiger partial charge is 0.270 e. The Balaban J connectivity index is 2.16. The second-order valence-corrected chi connectivity index (χ2v) is 6.26. The summed E-state index contributed by atoms with van der Waals surface area (Å²) in [7, 11) is 0. The Labute approximate surface area is 130 Å². The number of hydrogen-bond acceptors (Lipinski definition) is 4. The molecule has 0 radical (unpaired) electrons. The zero-order chi connectivity index (χ0) is 14.4. The lowest BCUT2D eigenvalue weighted by atomic mass is 10.2. The van der Waals surface area contributed by atoms with Crippen LogP contribution in [0, 0.1) is 21.2 Å². The van der Waals surface area contributed by atoms with E-state index in [1.807, 2.05) is 24.3 Å². The summed E-state index contributed by atoms with van der Waals surface area (Å²) in [5, 5.41) is 1.08. The zero-order valence-electron chi connectivity index (χ0n) is 11.3. The van der Waals surface area contributed by atoms with Crippen LogP contribution in [-0.4, -0.2) is 13.9 Å². The predicted octanol–water partition coefficient (Wildman–Crippen LogP) is 4.20. The summed E-state index contributed by atoms with van der Waals surface area (Å²) in [4.78, 5) is 8.67. The van der Waals surface area contributed by atoms with Crippen molar-refractivity contribution >= 4 is 23.8 Å². The Morgan fingerprint density at radius 2 is 1.90 bits per heavy atom. The van der Waals surface area contributed by atoms with Crippen molar-refractivity contribution in [2.75, 3.05) is 0 Å². The highest BCUT2D eigenvalue weighted by Crippen LogP contribution is 2.26. The van der Waals surface area contributed by atoms with Crippen molar-refractivity contribution in [3.8, 4) is 17.1 Å². The van der Waals surface area contributed by atoms with Gasteiger partial charge in [0.1, 0.15) is 12.0 Å². The molecule has 0 fully saturated rings. The van der Waals surface area contributed by atoms with E-state index in [0.717, 1.165) is 37.0 Å². The number of aryl methyl sites for hydroxylation is 1. The molecule has 2 heterocycles. The van der Waals surface area contributed by atoms with E-state index in [9.17, 15) is 0 Å². The number of fused-ring (bicyclic) bond motifs is 2. The molecule has 0 saturated heterocycles. The number of rotatable bonds is 1. The molecule has 5 heteroatoms. The molecule has 0 unspecified atom stereocenters. The van der Waals surface area contributed by atoms with Gasteiger partial charge >= 0.3 is 0 Å². The number of para-hydroxylation sites is 1. The van der Waals surface area contributed by atoms with Crippen molar-refractivity contribution in [1.29, 1.82) is 0 Å². The number of benzene rings is 1. The summed E-state index contributed by atoms with van der Waals surface area (Å²) in [5.74, 6) is 0. The van der Waals surface area contributed by atoms with E-state index in [0.29, 0.717) is 0 Å². The fourth-order valence-electron chi connectivity index (χ4n) is 2.48. The summed E-state index contributed by atoms with van der Waals surface area (Å²) in [6, 6.07) is 14.4. The fourth-order valence-corrected chi connectivity index (χ4v) is 3.93. The molecule has 1 aliphatic carbocycles. The third-order valence-electron chi connectivity index (χ3n) is 3.47. The molecule has 0 saturated carbocycles. The van der Waals surface area contributed by atoms with Crippen molar-refractivity contribution < 1.29 is 0 Å². The average molecular weight is 309 g/mol. The third-order valence-corrected chi connectivity index (χ3v) is 5.08. The van der Waals surface area contributed by atoms with E-state index in [1.165, 1.54) is 0 Å². The highest BCUT2D eigenvalue weighted by Gasteiger charge is 2.12. The maximum atomic E-state index is 5.50. The Morgan fingerprint density at radius 3 is 2.71 bits per heavy atom. The topological polar surface area (TPSA) is 30.7 Å². The molecule has 0 atom stereocenters. The molecule has 0 aromatic heterocycles. The Morgan fingerprint density at radius 1 is 1.10 bits per heavy atom. The zero-order valence-corrected chi connectivity index (χ0v) is 12.9. The van der Waals surface area contributed by atoms with Gasteiger partial charge in [0.25, 0.3) is 0 Å². The molecular formula is C16H11N3S2. The van der Waals surface area contributed by atoms with E-state index in [1.54, 1.807) is 17.9 Å². The van der Waals surface area contributed by atoms with E-state index in [-0.39, 0.29) is 0 Å². The molecule has 21 heavy (non-hydrogen) atoms. The summed E-state index contributed by atoms with van der Waals surface area (Å²) in [6.45, 7) is 2.10. The van der Waals surface area contributed by atoms with Crippen LogP contribution in [0.1, 0.15) is 5.69 Å². The molecule has 1 aromatic rings. The van der Waals surface area contributed by atoms with Crippen molar-refractivity contribution in [2.24, 2.45) is 0 Å². The van der Waals surface area contributed by atoms with Crippen molar-refractivity contribution in [3.05, 3.63) is 68.7 Å². The Kier molecular flexibility index (Phi) is 2.83. The predicted molar refractivity (Wildman–Crippen MR) is 86.7 cm³/mol. The van der Waals surface area contributed by atoms with Gasteiger partial charge < -0.3 is 0 Å². The van der Waals surface area contributed by atoms with Gasteiger partial charge in [-0.25, -0.2) is 9.97 Å². The Bertz CT molecular complexity index is 1020. The lowest BCUT2D eigenvalue weighted by Gasteiger charge is -2.11. The molecule has 0 spiro atoms. The molecule has 2 aliphatic heterocycles. The second-order valence-electron chi connectivity index (χ2n) is 4.87. The van der Waals surface area contributed by atoms with Crippen LogP contribution in [0.5, 0.6) is 0 Å². The lowest BCUT2D eigenvalue weighted by Crippen LogP contribution is -1.98. The highest BCUT2D eigenvalue weighted by atomic mass is 32.1. The molecule has 0 N–H and O–H groups in total. The first-order valence-corrected chi connectivity index (χ1v) is 7.75. The van der Waals surface area contributed by atoms with Gasteiger partial charge in [-0.3, -0.25) is 3.96 Å². The number of nitrogens with zero attached hydrogens (tertiary/aromatic N) is 3. The number of imidazole rings is 1. The minimum absolute atomic E-state index is 0.831. The Hall–Kier alpha value is -2.11. The maximum absolute atomic E-state index is 5.50. The normalized spacial score (nSPS) is 11.3. The van der Waals surface area contributed by atoms with E-state index in [4.69, 9.17) is 12.2 Å². The average Bonchev–Trinajstić information content (AvgIpc) is 2.96. The number of aromatic nitrogens is 3. The minimum Gasteiger partial charge on any atom is -0.270 e. The summed E-state index contributed by atoms with van der Waals surface area (Å²) in [6.07, 6.45) is 1.60. The van der Waals surface area contributed by atoms with Gasteiger partial charge in [-0.1, -0.05) is 41.9 Å². The third kappa shape index (κ3) is 1.97. The monoisotopic (exact) mass is 309 g/mol. The van der Waals surface area contributed by atoms with Crippen molar-refractivity contribution in [2.45, 2.75) is 6.92 Å². The minimum atomic E-state index is 0.831. The quantitative estimate of drug-likeness (QED) is 0.494. The van der Waals surface area contributed by atoms with Crippen LogP contribution in [0.2, 0.25) is 0 Å². The van der Waals surface area contributed by atoms with Gasteiger partial charge in [0.2, 0.25) is 0 Å². The van der Waals surface area contributed by atoms with E-state index >= 15 is 0 Å². The lowest BCUT2D eigenvalue weighted by molar-refractivity contribution is 1.08. The van der Waals surface area contributed by atoms with Crippen LogP contribution in [0.3, 0.4) is 0 Å². The highest BCUT2D eigenvalue weighted by molar-refractivity contribution is 7.71. The molecule has 3 aliphatic rings. The van der Waals surface area contributed by atoms with Gasteiger partial charge in [0, 0.05) is 15.4 Å². The van der Waals surface area contributed by atoms with Crippen LogP contribution in [0.15, 0.2) is 48.8 Å². The SMILES string of the molecule is Cc1cc2c(=S)cc3ncnc-3c=2sn1-c1ccccc1. The maximum Gasteiger partial charge on any atom is 0.116 e. The van der Waals surface area contributed by atoms with Crippen LogP contribution in [0.4, 0.5) is 0 Å². The van der Waals surface area contributed by atoms with E-state index in [2.05, 4.69) is 39.0 Å². The first kappa shape index (κ1) is 12.6. The van der Waals surface area contributed by atoms with Crippen molar-refractivity contribution in [3.63, 3.8) is 0 Å². The second kappa shape index (κ2) is 4.72. The van der Waals surface area contributed by atoms with Crippen LogP contribution in [-0.2, 0) is 0 Å². The molecular weight excluding hydrogens is 298 g/mol. The van der Waals surface area contributed by atoms with Gasteiger partial charge in [0.15, 0.2) is 0 Å². The summed E-state index contributed by atoms with van der Waals surface area (Å²) < 4.78 is 4.12. The van der Waals surface area contributed by atoms with Crippen LogP contribution < -0.4 is 0 Å².